The first kappa shape index (κ1) is 14.3. The van der Waals surface area contributed by atoms with Crippen molar-refractivity contribution in [1.29, 1.82) is 5.26 Å². The van der Waals surface area contributed by atoms with Gasteiger partial charge in [0.05, 0.1) is 6.54 Å². The molecule has 4 nitrogen and oxygen atoms in total. The number of hydrogen-bond donors (Lipinski definition) is 1. The van der Waals surface area contributed by atoms with Crippen molar-refractivity contribution >= 4 is 0 Å². The Labute approximate surface area is 120 Å². The van der Waals surface area contributed by atoms with Gasteiger partial charge in [-0.25, -0.2) is 4.98 Å². The number of pyridine rings is 1. The Morgan fingerprint density at radius 2 is 2.20 bits per heavy atom. The predicted octanol–water partition coefficient (Wildman–Crippen LogP) is 2.55. The average Bonchev–Trinajstić information content (AvgIpc) is 2.86. The zero-order valence-electron chi connectivity index (χ0n) is 12.0. The minimum atomic E-state index is 0.502. The molecule has 2 rings (SSSR count). The quantitative estimate of drug-likeness (QED) is 0.876. The fraction of sp³-hybridized carbons (Fsp3) is 0.375. The highest BCUT2D eigenvalue weighted by Gasteiger charge is 2.06. The van der Waals surface area contributed by atoms with Crippen LogP contribution in [0.15, 0.2) is 36.7 Å². The molecule has 0 bridgehead atoms. The van der Waals surface area contributed by atoms with Gasteiger partial charge in [0.2, 0.25) is 0 Å². The van der Waals surface area contributed by atoms with Gasteiger partial charge < -0.3 is 9.88 Å². The van der Waals surface area contributed by atoms with Crippen molar-refractivity contribution in [3.05, 3.63) is 53.6 Å². The Morgan fingerprint density at radius 3 is 2.95 bits per heavy atom. The van der Waals surface area contributed by atoms with E-state index in [-0.39, 0.29) is 0 Å². The van der Waals surface area contributed by atoms with Crippen LogP contribution in [0.5, 0.6) is 0 Å². The third-order valence-electron chi connectivity index (χ3n) is 3.12. The number of aromatic nitrogens is 2. The molecular weight excluding hydrogens is 248 g/mol. The van der Waals surface area contributed by atoms with Crippen LogP contribution in [0.2, 0.25) is 0 Å². The van der Waals surface area contributed by atoms with Crippen LogP contribution >= 0.6 is 0 Å². The molecule has 104 valence electrons. The van der Waals surface area contributed by atoms with Crippen LogP contribution in [0.4, 0.5) is 0 Å². The highest BCUT2D eigenvalue weighted by Crippen LogP contribution is 2.10. The smallest absolute Gasteiger partial charge is 0.145 e. The lowest BCUT2D eigenvalue weighted by Crippen LogP contribution is -2.21. The molecule has 2 heterocycles. The van der Waals surface area contributed by atoms with Crippen LogP contribution in [0.25, 0.3) is 0 Å². The Balaban J connectivity index is 2.07. The summed E-state index contributed by atoms with van der Waals surface area (Å²) in [4.78, 5) is 4.10. The molecule has 0 spiro atoms. The van der Waals surface area contributed by atoms with Crippen LogP contribution < -0.4 is 5.32 Å². The first-order chi connectivity index (χ1) is 9.70. The Bertz CT molecular complexity index is 593. The van der Waals surface area contributed by atoms with E-state index in [1.165, 1.54) is 5.69 Å². The van der Waals surface area contributed by atoms with Gasteiger partial charge in [-0.05, 0) is 30.7 Å². The molecule has 0 amide bonds. The van der Waals surface area contributed by atoms with Gasteiger partial charge in [-0.15, -0.1) is 0 Å². The molecular formula is C16H20N4. The lowest BCUT2D eigenvalue weighted by molar-refractivity contribution is 0.539. The first-order valence-corrected chi connectivity index (χ1v) is 6.89. The highest BCUT2D eigenvalue weighted by atomic mass is 15.0. The van der Waals surface area contributed by atoms with E-state index in [4.69, 9.17) is 5.26 Å². The maximum absolute atomic E-state index is 9.08. The molecule has 2 aromatic rings. The normalized spacial score (nSPS) is 10.7. The van der Waals surface area contributed by atoms with E-state index in [9.17, 15) is 0 Å². The second-order valence-corrected chi connectivity index (χ2v) is 5.28. The molecule has 0 saturated heterocycles. The largest absolute Gasteiger partial charge is 0.346 e. The standard InChI is InChI=1S/C16H20N4/c1-13(2)10-18-11-15-6-4-8-20(15)12-14-5-3-7-19-16(14)9-17/h3-8,13,18H,10-12H2,1-2H3. The van der Waals surface area contributed by atoms with Gasteiger partial charge in [0, 0.05) is 30.2 Å². The number of nitrogens with zero attached hydrogens (tertiary/aromatic N) is 3. The zero-order chi connectivity index (χ0) is 14.4. The lowest BCUT2D eigenvalue weighted by atomic mass is 10.2. The van der Waals surface area contributed by atoms with Gasteiger partial charge in [0.15, 0.2) is 0 Å². The van der Waals surface area contributed by atoms with Crippen LogP contribution in [0.1, 0.15) is 30.8 Å². The monoisotopic (exact) mass is 268 g/mol. The zero-order valence-corrected chi connectivity index (χ0v) is 12.0. The van der Waals surface area contributed by atoms with E-state index in [0.717, 1.165) is 18.7 Å². The summed E-state index contributed by atoms with van der Waals surface area (Å²) in [5.74, 6) is 0.641. The van der Waals surface area contributed by atoms with Crippen molar-refractivity contribution in [3.8, 4) is 6.07 Å². The molecule has 1 N–H and O–H groups in total. The molecule has 0 aliphatic rings. The Hall–Kier alpha value is -2.12. The van der Waals surface area contributed by atoms with Crippen LogP contribution in [0.3, 0.4) is 0 Å². The second kappa shape index (κ2) is 6.88. The van der Waals surface area contributed by atoms with Crippen molar-refractivity contribution in [1.82, 2.24) is 14.9 Å². The second-order valence-electron chi connectivity index (χ2n) is 5.28. The molecule has 2 aromatic heterocycles. The van der Waals surface area contributed by atoms with Gasteiger partial charge in [-0.2, -0.15) is 5.26 Å². The molecule has 0 atom stereocenters. The number of nitriles is 1. The average molecular weight is 268 g/mol. The molecule has 0 aliphatic heterocycles. The first-order valence-electron chi connectivity index (χ1n) is 6.89. The van der Waals surface area contributed by atoms with Crippen molar-refractivity contribution in [3.63, 3.8) is 0 Å². The minimum absolute atomic E-state index is 0.502. The number of nitrogens with one attached hydrogen (secondary N) is 1. The van der Waals surface area contributed by atoms with Gasteiger partial charge in [-0.1, -0.05) is 19.9 Å². The maximum Gasteiger partial charge on any atom is 0.145 e. The van der Waals surface area contributed by atoms with Crippen LogP contribution in [-0.2, 0) is 13.1 Å². The Morgan fingerprint density at radius 1 is 1.35 bits per heavy atom. The van der Waals surface area contributed by atoms with E-state index < -0.39 is 0 Å². The summed E-state index contributed by atoms with van der Waals surface area (Å²) in [6.07, 6.45) is 3.70. The molecule has 0 fully saturated rings. The number of rotatable bonds is 6. The molecule has 0 aliphatic carbocycles. The van der Waals surface area contributed by atoms with Gasteiger partial charge in [-0.3, -0.25) is 0 Å². The van der Waals surface area contributed by atoms with E-state index in [1.807, 2.05) is 24.4 Å². The van der Waals surface area contributed by atoms with E-state index in [2.05, 4.69) is 40.9 Å². The van der Waals surface area contributed by atoms with E-state index in [1.54, 1.807) is 6.20 Å². The summed E-state index contributed by atoms with van der Waals surface area (Å²) in [5.41, 5.74) is 2.68. The summed E-state index contributed by atoms with van der Waals surface area (Å²) in [6.45, 7) is 6.92. The summed E-state index contributed by atoms with van der Waals surface area (Å²) in [5, 5.41) is 12.5. The van der Waals surface area contributed by atoms with Gasteiger partial charge in [0.25, 0.3) is 0 Å². The molecule has 0 unspecified atom stereocenters. The third kappa shape index (κ3) is 3.69. The SMILES string of the molecule is CC(C)CNCc1cccn1Cc1cccnc1C#N. The summed E-state index contributed by atoms with van der Waals surface area (Å²) >= 11 is 0. The Kier molecular flexibility index (Phi) is 4.91. The van der Waals surface area contributed by atoms with E-state index >= 15 is 0 Å². The third-order valence-corrected chi connectivity index (χ3v) is 3.12. The molecule has 20 heavy (non-hydrogen) atoms. The minimum Gasteiger partial charge on any atom is -0.346 e. The summed E-state index contributed by atoms with van der Waals surface area (Å²) in [6, 6.07) is 10.1. The van der Waals surface area contributed by atoms with Crippen molar-refractivity contribution in [2.75, 3.05) is 6.54 Å². The fourth-order valence-electron chi connectivity index (χ4n) is 2.10. The lowest BCUT2D eigenvalue weighted by Gasteiger charge is -2.12. The fourth-order valence-corrected chi connectivity index (χ4v) is 2.10. The number of hydrogen-bond acceptors (Lipinski definition) is 3. The predicted molar refractivity (Wildman–Crippen MR) is 79.0 cm³/mol. The van der Waals surface area contributed by atoms with Crippen molar-refractivity contribution in [2.24, 2.45) is 5.92 Å². The summed E-state index contributed by atoms with van der Waals surface area (Å²) in [7, 11) is 0. The highest BCUT2D eigenvalue weighted by molar-refractivity contribution is 5.31. The van der Waals surface area contributed by atoms with Crippen LogP contribution in [-0.4, -0.2) is 16.1 Å². The molecule has 0 saturated carbocycles. The van der Waals surface area contributed by atoms with Gasteiger partial charge in [0.1, 0.15) is 11.8 Å². The van der Waals surface area contributed by atoms with Crippen molar-refractivity contribution in [2.45, 2.75) is 26.9 Å². The van der Waals surface area contributed by atoms with Crippen LogP contribution in [0, 0.1) is 17.2 Å². The molecule has 0 radical (unpaired) electrons. The van der Waals surface area contributed by atoms with E-state index in [0.29, 0.717) is 18.2 Å². The van der Waals surface area contributed by atoms with Gasteiger partial charge >= 0.3 is 0 Å². The van der Waals surface area contributed by atoms with Crippen molar-refractivity contribution < 1.29 is 0 Å². The topological polar surface area (TPSA) is 53.6 Å². The molecule has 4 heteroatoms. The molecule has 0 aromatic carbocycles. The maximum atomic E-state index is 9.08. The summed E-state index contributed by atoms with van der Waals surface area (Å²) < 4.78 is 2.16.